The van der Waals surface area contributed by atoms with Crippen molar-refractivity contribution in [3.05, 3.63) is 48.2 Å². The van der Waals surface area contributed by atoms with E-state index in [1.54, 1.807) is 36.4 Å². The summed E-state index contributed by atoms with van der Waals surface area (Å²) in [7, 11) is 0. The van der Waals surface area contributed by atoms with Gasteiger partial charge in [-0.2, -0.15) is 5.26 Å². The van der Waals surface area contributed by atoms with Crippen LogP contribution in [0.1, 0.15) is 18.4 Å². The number of urea groups is 1. The minimum atomic E-state index is -0.298. The van der Waals surface area contributed by atoms with Crippen molar-refractivity contribution in [3.63, 3.8) is 0 Å². The van der Waals surface area contributed by atoms with Crippen molar-refractivity contribution in [2.75, 3.05) is 18.5 Å². The molecule has 7 heteroatoms. The predicted octanol–water partition coefficient (Wildman–Crippen LogP) is 3.05. The minimum absolute atomic E-state index is 0.101. The van der Waals surface area contributed by atoms with E-state index in [1.165, 1.54) is 6.20 Å². The second kappa shape index (κ2) is 8.13. The lowest BCUT2D eigenvalue weighted by atomic mass is 10.2. The number of ether oxygens (including phenoxy) is 2. The zero-order chi connectivity index (χ0) is 17.5. The average Bonchev–Trinajstić information content (AvgIpc) is 3.15. The van der Waals surface area contributed by atoms with Crippen molar-refractivity contribution >= 4 is 11.7 Å². The van der Waals surface area contributed by atoms with Gasteiger partial charge in [-0.25, -0.2) is 9.78 Å². The van der Waals surface area contributed by atoms with Crippen LogP contribution >= 0.6 is 0 Å². The molecule has 0 aliphatic carbocycles. The lowest BCUT2D eigenvalue weighted by molar-refractivity contribution is 0.112. The van der Waals surface area contributed by atoms with Gasteiger partial charge in [-0.3, -0.25) is 0 Å². The molecule has 1 unspecified atom stereocenters. The van der Waals surface area contributed by atoms with Crippen LogP contribution in [0.4, 0.5) is 10.5 Å². The third-order valence-electron chi connectivity index (χ3n) is 3.69. The molecule has 0 spiro atoms. The smallest absolute Gasteiger partial charge is 0.319 e. The molecule has 0 saturated carbocycles. The minimum Gasteiger partial charge on any atom is -0.439 e. The topological polar surface area (TPSA) is 96.3 Å². The molecule has 2 N–H and O–H groups in total. The lowest BCUT2D eigenvalue weighted by Gasteiger charge is -2.12. The van der Waals surface area contributed by atoms with Gasteiger partial charge in [0.15, 0.2) is 0 Å². The zero-order valence-electron chi connectivity index (χ0n) is 13.6. The van der Waals surface area contributed by atoms with Gasteiger partial charge in [-0.1, -0.05) is 6.07 Å². The second-order valence-corrected chi connectivity index (χ2v) is 5.60. The summed E-state index contributed by atoms with van der Waals surface area (Å²) in [6.07, 6.45) is 3.62. The first-order valence-electron chi connectivity index (χ1n) is 8.03. The molecule has 7 nitrogen and oxygen atoms in total. The molecule has 128 valence electrons. The fraction of sp³-hybridized carbons (Fsp3) is 0.278. The number of rotatable bonds is 5. The maximum absolute atomic E-state index is 11.8. The Morgan fingerprint density at radius 3 is 3.04 bits per heavy atom. The lowest BCUT2D eigenvalue weighted by Crippen LogP contribution is -2.35. The molecule has 0 radical (unpaired) electrons. The van der Waals surface area contributed by atoms with E-state index in [0.717, 1.165) is 19.4 Å². The Hall–Kier alpha value is -3.11. The Balaban J connectivity index is 1.51. The van der Waals surface area contributed by atoms with E-state index < -0.39 is 0 Å². The molecular formula is C18H18N4O3. The standard InChI is InChI=1S/C18H18N4O3/c19-10-13-3-1-4-15(9-13)25-17-7-6-14(11-20-17)22-18(23)21-12-16-5-2-8-24-16/h1,3-4,6-7,9,11,16H,2,5,8,12H2,(H2,21,22,23). The van der Waals surface area contributed by atoms with Crippen molar-refractivity contribution in [1.82, 2.24) is 10.3 Å². The summed E-state index contributed by atoms with van der Waals surface area (Å²) in [5.41, 5.74) is 1.07. The summed E-state index contributed by atoms with van der Waals surface area (Å²) in [4.78, 5) is 16.0. The molecule has 2 amide bonds. The number of aromatic nitrogens is 1. The second-order valence-electron chi connectivity index (χ2n) is 5.60. The van der Waals surface area contributed by atoms with E-state index >= 15 is 0 Å². The molecule has 25 heavy (non-hydrogen) atoms. The van der Waals surface area contributed by atoms with E-state index in [4.69, 9.17) is 14.7 Å². The quantitative estimate of drug-likeness (QED) is 0.873. The first-order chi connectivity index (χ1) is 12.2. The van der Waals surface area contributed by atoms with E-state index in [2.05, 4.69) is 21.7 Å². The Kier molecular flexibility index (Phi) is 5.44. The average molecular weight is 338 g/mol. The highest BCUT2D eigenvalue weighted by Gasteiger charge is 2.16. The molecule has 2 aromatic rings. The Morgan fingerprint density at radius 1 is 1.40 bits per heavy atom. The third kappa shape index (κ3) is 4.93. The molecule has 1 atom stereocenters. The molecule has 1 aliphatic heterocycles. The van der Waals surface area contributed by atoms with E-state index in [9.17, 15) is 4.79 Å². The van der Waals surface area contributed by atoms with Crippen LogP contribution in [0.25, 0.3) is 0 Å². The van der Waals surface area contributed by atoms with Gasteiger partial charge < -0.3 is 20.1 Å². The van der Waals surface area contributed by atoms with Crippen LogP contribution in [0.5, 0.6) is 11.6 Å². The first kappa shape index (κ1) is 16.7. The van der Waals surface area contributed by atoms with Gasteiger partial charge in [0.05, 0.1) is 29.6 Å². The summed E-state index contributed by atoms with van der Waals surface area (Å²) in [6, 6.07) is 11.9. The highest BCUT2D eigenvalue weighted by molar-refractivity contribution is 5.89. The van der Waals surface area contributed by atoms with Crippen molar-refractivity contribution in [2.24, 2.45) is 0 Å². The largest absolute Gasteiger partial charge is 0.439 e. The zero-order valence-corrected chi connectivity index (χ0v) is 13.6. The molecule has 1 saturated heterocycles. The molecule has 2 heterocycles. The van der Waals surface area contributed by atoms with Crippen LogP contribution in [0, 0.1) is 11.3 Å². The van der Waals surface area contributed by atoms with Gasteiger partial charge in [0.1, 0.15) is 5.75 Å². The van der Waals surface area contributed by atoms with Crippen LogP contribution in [0.2, 0.25) is 0 Å². The number of nitriles is 1. The van der Waals surface area contributed by atoms with Crippen molar-refractivity contribution < 1.29 is 14.3 Å². The van der Waals surface area contributed by atoms with Crippen LogP contribution in [-0.4, -0.2) is 30.3 Å². The molecule has 1 aromatic carbocycles. The fourth-order valence-electron chi connectivity index (χ4n) is 2.45. The summed E-state index contributed by atoms with van der Waals surface area (Å²) in [5, 5.41) is 14.4. The van der Waals surface area contributed by atoms with Gasteiger partial charge in [0, 0.05) is 19.2 Å². The number of amides is 2. The van der Waals surface area contributed by atoms with Crippen molar-refractivity contribution in [1.29, 1.82) is 5.26 Å². The number of nitrogens with zero attached hydrogens (tertiary/aromatic N) is 2. The van der Waals surface area contributed by atoms with Crippen LogP contribution in [0.15, 0.2) is 42.6 Å². The molecule has 1 fully saturated rings. The Labute approximate surface area is 145 Å². The van der Waals surface area contributed by atoms with E-state index in [0.29, 0.717) is 29.4 Å². The summed E-state index contributed by atoms with van der Waals surface area (Å²) >= 11 is 0. The van der Waals surface area contributed by atoms with E-state index in [-0.39, 0.29) is 12.1 Å². The molecule has 3 rings (SSSR count). The number of anilines is 1. The summed E-state index contributed by atoms with van der Waals surface area (Å²) in [5.74, 6) is 0.905. The summed E-state index contributed by atoms with van der Waals surface area (Å²) in [6.45, 7) is 1.26. The Morgan fingerprint density at radius 2 is 2.32 bits per heavy atom. The van der Waals surface area contributed by atoms with Gasteiger partial charge in [0.2, 0.25) is 5.88 Å². The maximum Gasteiger partial charge on any atom is 0.319 e. The number of hydrogen-bond acceptors (Lipinski definition) is 5. The van der Waals surface area contributed by atoms with Gasteiger partial charge in [0.25, 0.3) is 0 Å². The van der Waals surface area contributed by atoms with Crippen LogP contribution in [0.3, 0.4) is 0 Å². The van der Waals surface area contributed by atoms with E-state index in [1.807, 2.05) is 0 Å². The molecular weight excluding hydrogens is 320 g/mol. The van der Waals surface area contributed by atoms with Crippen molar-refractivity contribution in [2.45, 2.75) is 18.9 Å². The predicted molar refractivity (Wildman–Crippen MR) is 91.5 cm³/mol. The van der Waals surface area contributed by atoms with Crippen molar-refractivity contribution in [3.8, 4) is 17.7 Å². The van der Waals surface area contributed by atoms with Gasteiger partial charge in [-0.15, -0.1) is 0 Å². The number of carbonyl (C=O) groups is 1. The molecule has 0 bridgehead atoms. The molecule has 1 aromatic heterocycles. The van der Waals surface area contributed by atoms with Gasteiger partial charge >= 0.3 is 6.03 Å². The first-order valence-corrected chi connectivity index (χ1v) is 8.03. The highest BCUT2D eigenvalue weighted by atomic mass is 16.5. The normalized spacial score (nSPS) is 16.0. The van der Waals surface area contributed by atoms with Crippen LogP contribution < -0.4 is 15.4 Å². The third-order valence-corrected chi connectivity index (χ3v) is 3.69. The van der Waals surface area contributed by atoms with Gasteiger partial charge in [-0.05, 0) is 37.1 Å². The fourth-order valence-corrected chi connectivity index (χ4v) is 2.45. The summed E-state index contributed by atoms with van der Waals surface area (Å²) < 4.78 is 11.0. The monoisotopic (exact) mass is 338 g/mol. The number of nitrogens with one attached hydrogen (secondary N) is 2. The number of pyridine rings is 1. The number of carbonyl (C=O) groups excluding carboxylic acids is 1. The maximum atomic E-state index is 11.8. The Bertz CT molecular complexity index is 765. The number of hydrogen-bond donors (Lipinski definition) is 2. The molecule has 1 aliphatic rings. The van der Waals surface area contributed by atoms with Crippen LogP contribution in [-0.2, 0) is 4.74 Å². The SMILES string of the molecule is N#Cc1cccc(Oc2ccc(NC(=O)NCC3CCCO3)cn2)c1. The number of benzene rings is 1. The highest BCUT2D eigenvalue weighted by Crippen LogP contribution is 2.21.